The number of imide groups is 3. The van der Waals surface area contributed by atoms with E-state index in [4.69, 9.17) is 57.2 Å². The van der Waals surface area contributed by atoms with E-state index in [-0.39, 0.29) is 25.0 Å². The van der Waals surface area contributed by atoms with Crippen molar-refractivity contribution in [3.63, 3.8) is 0 Å². The molecule has 2 atom stereocenters. The number of nitrogens with zero attached hydrogens (tertiary/aromatic N) is 1. The molecule has 0 bridgehead atoms. The lowest BCUT2D eigenvalue weighted by atomic mass is 10.1. The highest BCUT2D eigenvalue weighted by atomic mass is 35.5. The molecule has 0 aromatic heterocycles. The minimum atomic E-state index is -1.53. The zero-order valence-electron chi connectivity index (χ0n) is 18.1. The number of carboxylic acids is 1. The molecule has 1 aliphatic rings. The Kier molecular flexibility index (Phi) is 9.63. The number of aliphatic carboxylic acids is 1. The van der Waals surface area contributed by atoms with E-state index < -0.39 is 84.1 Å². The van der Waals surface area contributed by atoms with Gasteiger partial charge in [0.2, 0.25) is 17.7 Å². The Bertz CT molecular complexity index is 1140. The average Bonchev–Trinajstić information content (AvgIpc) is 3.07. The fourth-order valence-electron chi connectivity index (χ4n) is 2.87. The lowest BCUT2D eigenvalue weighted by Crippen LogP contribution is -2.53. The van der Waals surface area contributed by atoms with Crippen molar-refractivity contribution >= 4 is 87.8 Å². The number of fused-ring (bicyclic) bond motifs is 1. The zero-order chi connectivity index (χ0) is 27.5. The smallest absolute Gasteiger partial charge is 0.305 e. The highest BCUT2D eigenvalue weighted by Gasteiger charge is 2.44. The van der Waals surface area contributed by atoms with Crippen LogP contribution >= 0.6 is 46.4 Å². The number of carboxylic acid groups (broad SMARTS) is 1. The Morgan fingerprint density at radius 1 is 0.861 bits per heavy atom. The summed E-state index contributed by atoms with van der Waals surface area (Å²) in [4.78, 5) is 84.8. The predicted octanol–water partition coefficient (Wildman–Crippen LogP) is -0.0381. The van der Waals surface area contributed by atoms with E-state index in [2.05, 4.69) is 16.0 Å². The second kappa shape index (κ2) is 11.8. The second-order valence-electron chi connectivity index (χ2n) is 7.29. The molecule has 0 fully saturated rings. The number of halogens is 4. The molecule has 6 N–H and O–H groups in total. The average molecular weight is 585 g/mol. The number of benzene rings is 1. The normalized spacial score (nSPS) is 14.1. The Balaban J connectivity index is 2.00. The maximum atomic E-state index is 12.6. The lowest BCUT2D eigenvalue weighted by molar-refractivity contribution is -0.140. The standard InChI is InChI=1S/C19H17Cl4N5O8/c1-5(24)16(33)27-6(2-9(31)32)17(34)26-3-7(29)25-4-8(30)28-18(35)10-11(19(28)36)13(21)15(23)14(22)12(10)20/h5-6H,2-4,24H2,1H3,(H,25,29)(H,26,34)(H,27,33)(H,31,32)/t5-,6-/m0/s1. The van der Waals surface area contributed by atoms with Crippen LogP contribution in [0.1, 0.15) is 34.1 Å². The first-order valence-corrected chi connectivity index (χ1v) is 11.3. The van der Waals surface area contributed by atoms with E-state index in [1.54, 1.807) is 0 Å². The summed E-state index contributed by atoms with van der Waals surface area (Å²) in [5, 5.41) is 13.9. The largest absolute Gasteiger partial charge is 0.481 e. The first kappa shape index (κ1) is 29.3. The molecular formula is C19H17Cl4N5O8. The van der Waals surface area contributed by atoms with E-state index in [1.165, 1.54) is 6.92 Å². The van der Waals surface area contributed by atoms with Gasteiger partial charge in [0.05, 0.1) is 56.8 Å². The van der Waals surface area contributed by atoms with Crippen molar-refractivity contribution in [2.24, 2.45) is 5.73 Å². The molecule has 0 radical (unpaired) electrons. The van der Waals surface area contributed by atoms with Crippen LogP contribution in [0.3, 0.4) is 0 Å². The number of rotatable bonds is 9. The first-order chi connectivity index (χ1) is 16.7. The number of hydrogen-bond acceptors (Lipinski definition) is 8. The highest BCUT2D eigenvalue weighted by molar-refractivity contribution is 6.55. The zero-order valence-corrected chi connectivity index (χ0v) is 21.1. The van der Waals surface area contributed by atoms with Crippen molar-refractivity contribution in [3.8, 4) is 0 Å². The van der Waals surface area contributed by atoms with Gasteiger partial charge in [-0.25, -0.2) is 4.90 Å². The van der Waals surface area contributed by atoms with E-state index in [0.29, 0.717) is 0 Å². The van der Waals surface area contributed by atoms with Gasteiger partial charge in [-0.3, -0.25) is 33.6 Å². The summed E-state index contributed by atoms with van der Waals surface area (Å²) in [6, 6.07) is -2.55. The van der Waals surface area contributed by atoms with Gasteiger partial charge in [0, 0.05) is 0 Å². The molecule has 1 aliphatic heterocycles. The van der Waals surface area contributed by atoms with Crippen molar-refractivity contribution in [3.05, 3.63) is 31.2 Å². The van der Waals surface area contributed by atoms with Gasteiger partial charge in [-0.15, -0.1) is 0 Å². The van der Waals surface area contributed by atoms with Crippen molar-refractivity contribution in [2.45, 2.75) is 25.4 Å². The molecule has 1 heterocycles. The number of carbonyl (C=O) groups is 7. The molecule has 194 valence electrons. The predicted molar refractivity (Wildman–Crippen MR) is 126 cm³/mol. The van der Waals surface area contributed by atoms with E-state index >= 15 is 0 Å². The molecule has 0 spiro atoms. The van der Waals surface area contributed by atoms with Crippen molar-refractivity contribution in [1.29, 1.82) is 0 Å². The van der Waals surface area contributed by atoms with Gasteiger partial charge >= 0.3 is 5.97 Å². The van der Waals surface area contributed by atoms with Crippen LogP contribution in [0.15, 0.2) is 0 Å². The molecule has 0 unspecified atom stereocenters. The molecule has 2 rings (SSSR count). The molecule has 0 aliphatic carbocycles. The van der Waals surface area contributed by atoms with Gasteiger partial charge < -0.3 is 26.8 Å². The maximum Gasteiger partial charge on any atom is 0.305 e. The summed E-state index contributed by atoms with van der Waals surface area (Å²) in [5.74, 6) is -7.57. The van der Waals surface area contributed by atoms with Gasteiger partial charge in [0.25, 0.3) is 17.7 Å². The van der Waals surface area contributed by atoms with Gasteiger partial charge in [0.15, 0.2) is 0 Å². The molecule has 0 saturated carbocycles. The van der Waals surface area contributed by atoms with Crippen LogP contribution in [0.4, 0.5) is 0 Å². The summed E-state index contributed by atoms with van der Waals surface area (Å²) >= 11 is 23.8. The Hall–Kier alpha value is -2.97. The van der Waals surface area contributed by atoms with Crippen LogP contribution < -0.4 is 21.7 Å². The van der Waals surface area contributed by atoms with Gasteiger partial charge in [0.1, 0.15) is 6.04 Å². The molecule has 6 amide bonds. The molecule has 17 heteroatoms. The summed E-state index contributed by atoms with van der Waals surface area (Å²) in [6.07, 6.45) is -0.788. The van der Waals surface area contributed by atoms with E-state index in [1.807, 2.05) is 0 Å². The third kappa shape index (κ3) is 6.23. The van der Waals surface area contributed by atoms with Crippen LogP contribution in [-0.4, -0.2) is 76.6 Å². The number of nitrogens with two attached hydrogens (primary N) is 1. The number of carbonyl (C=O) groups excluding carboxylic acids is 6. The quantitative estimate of drug-likeness (QED) is 0.150. The van der Waals surface area contributed by atoms with Gasteiger partial charge in [-0.1, -0.05) is 46.4 Å². The van der Waals surface area contributed by atoms with E-state index in [9.17, 15) is 33.6 Å². The van der Waals surface area contributed by atoms with Crippen LogP contribution in [-0.2, 0) is 24.0 Å². The third-order valence-corrected chi connectivity index (χ3v) is 6.44. The SMILES string of the molecule is C[C@H](N)C(=O)N[C@@H](CC(=O)O)C(=O)NCC(=O)NCC(=O)N1C(=O)c2c(Cl)c(Cl)c(Cl)c(Cl)c2C1=O. The van der Waals surface area contributed by atoms with Crippen molar-refractivity contribution in [1.82, 2.24) is 20.9 Å². The molecule has 0 saturated heterocycles. The first-order valence-electron chi connectivity index (χ1n) is 9.78. The Morgan fingerprint density at radius 3 is 1.81 bits per heavy atom. The van der Waals surface area contributed by atoms with E-state index in [0.717, 1.165) is 0 Å². The monoisotopic (exact) mass is 583 g/mol. The van der Waals surface area contributed by atoms with Gasteiger partial charge in [-0.05, 0) is 6.92 Å². The number of amides is 6. The van der Waals surface area contributed by atoms with Crippen molar-refractivity contribution in [2.75, 3.05) is 13.1 Å². The topological polar surface area (TPSA) is 205 Å². The van der Waals surface area contributed by atoms with Crippen molar-refractivity contribution < 1.29 is 38.7 Å². The van der Waals surface area contributed by atoms with Crippen LogP contribution in [0.25, 0.3) is 0 Å². The second-order valence-corrected chi connectivity index (χ2v) is 8.80. The third-order valence-electron chi connectivity index (χ3n) is 4.64. The molecular weight excluding hydrogens is 568 g/mol. The number of nitrogens with one attached hydrogen (secondary N) is 3. The summed E-state index contributed by atoms with van der Waals surface area (Å²) in [7, 11) is 0. The van der Waals surface area contributed by atoms with Crippen LogP contribution in [0.2, 0.25) is 20.1 Å². The summed E-state index contributed by atoms with van der Waals surface area (Å²) in [5.41, 5.74) is 4.52. The molecule has 1 aromatic carbocycles. The minimum Gasteiger partial charge on any atom is -0.481 e. The van der Waals surface area contributed by atoms with Gasteiger partial charge in [-0.2, -0.15) is 0 Å². The maximum absolute atomic E-state index is 12.6. The number of hydrogen-bond donors (Lipinski definition) is 5. The molecule has 36 heavy (non-hydrogen) atoms. The highest BCUT2D eigenvalue weighted by Crippen LogP contribution is 2.44. The Morgan fingerprint density at radius 2 is 1.36 bits per heavy atom. The minimum absolute atomic E-state index is 0.195. The fourth-order valence-corrected chi connectivity index (χ4v) is 3.88. The lowest BCUT2D eigenvalue weighted by Gasteiger charge is -2.18. The van der Waals surface area contributed by atoms with Crippen LogP contribution in [0, 0.1) is 0 Å². The Labute approximate surface area is 222 Å². The summed E-state index contributed by atoms with van der Waals surface area (Å²) in [6.45, 7) is -0.271. The fraction of sp³-hybridized carbons (Fsp3) is 0.316. The van der Waals surface area contributed by atoms with Crippen LogP contribution in [0.5, 0.6) is 0 Å². The molecule has 1 aromatic rings. The summed E-state index contributed by atoms with van der Waals surface area (Å²) < 4.78 is 0. The molecule has 13 nitrogen and oxygen atoms in total.